The minimum absolute atomic E-state index is 0. The Morgan fingerprint density at radius 2 is 1.57 bits per heavy atom. The van der Waals surface area contributed by atoms with E-state index in [1.807, 2.05) is 0 Å². The Labute approximate surface area is 177 Å². The van der Waals surface area contributed by atoms with Gasteiger partial charge in [0.25, 0.3) is 0 Å². The largest absolute Gasteiger partial charge is 0.506 e. The smallest absolute Gasteiger partial charge is 0.229 e. The van der Waals surface area contributed by atoms with Gasteiger partial charge in [-0.15, -0.1) is 12.4 Å². The number of rotatable bonds is 6. The molecule has 0 atom stereocenters. The highest BCUT2D eigenvalue weighted by atomic mass is 79.9. The molecule has 0 bridgehead atoms. The lowest BCUT2D eigenvalue weighted by Gasteiger charge is -2.14. The molecule has 0 radical (unpaired) electrons. The second-order valence-corrected chi connectivity index (χ2v) is 8.18. The summed E-state index contributed by atoms with van der Waals surface area (Å²) in [5.74, 6) is 0.752. The number of hydrogen-bond donors (Lipinski definition) is 4. The number of halogens is 2. The van der Waals surface area contributed by atoms with Gasteiger partial charge in [0.1, 0.15) is 11.6 Å². The first-order chi connectivity index (χ1) is 12.8. The van der Waals surface area contributed by atoms with Crippen LogP contribution in [0.15, 0.2) is 59.2 Å². The molecule has 0 saturated carbocycles. The summed E-state index contributed by atoms with van der Waals surface area (Å²) >= 11 is 3.37. The Kier molecular flexibility index (Phi) is 7.05. The second kappa shape index (κ2) is 9.09. The fourth-order valence-electron chi connectivity index (χ4n) is 2.22. The third-order valence-corrected chi connectivity index (χ3v) is 4.54. The van der Waals surface area contributed by atoms with Crippen molar-refractivity contribution in [1.82, 2.24) is 9.97 Å². The third-order valence-electron chi connectivity index (χ3n) is 3.37. The Balaban J connectivity index is 0.00000280. The van der Waals surface area contributed by atoms with Gasteiger partial charge in [0.05, 0.1) is 27.8 Å². The van der Waals surface area contributed by atoms with Crippen LogP contribution in [-0.4, -0.2) is 29.7 Å². The molecule has 8 nitrogen and oxygen atoms in total. The SMILES string of the molecule is CS(=O)(=O)Nc1ccccc1Nc1nc(Nc2ccccc2O)ncc1Br.Cl. The molecule has 0 fully saturated rings. The molecule has 148 valence electrons. The molecule has 0 aliphatic rings. The molecule has 0 spiro atoms. The lowest BCUT2D eigenvalue weighted by molar-refractivity contribution is 0.477. The van der Waals surface area contributed by atoms with E-state index in [-0.39, 0.29) is 24.1 Å². The van der Waals surface area contributed by atoms with Gasteiger partial charge in [0.2, 0.25) is 16.0 Å². The quantitative estimate of drug-likeness (QED) is 0.385. The summed E-state index contributed by atoms with van der Waals surface area (Å²) in [4.78, 5) is 8.54. The third kappa shape index (κ3) is 5.72. The number of benzene rings is 2. The first kappa shape index (κ1) is 21.7. The minimum atomic E-state index is -3.43. The zero-order valence-corrected chi connectivity index (χ0v) is 17.8. The highest BCUT2D eigenvalue weighted by molar-refractivity contribution is 9.10. The van der Waals surface area contributed by atoms with Crippen LogP contribution in [0, 0.1) is 0 Å². The van der Waals surface area contributed by atoms with Crippen molar-refractivity contribution in [2.24, 2.45) is 0 Å². The standard InChI is InChI=1S/C17H16BrN5O3S.ClH/c1-27(25,26)23-13-7-3-2-6-12(13)20-16-11(18)10-19-17(22-16)21-14-8-4-5-9-15(14)24;/h2-10,23-24H,1H3,(H2,19,20,21,22);1H. The maximum Gasteiger partial charge on any atom is 0.229 e. The monoisotopic (exact) mass is 485 g/mol. The van der Waals surface area contributed by atoms with E-state index >= 15 is 0 Å². The van der Waals surface area contributed by atoms with E-state index in [1.165, 1.54) is 0 Å². The molecule has 0 saturated heterocycles. The predicted molar refractivity (Wildman–Crippen MR) is 117 cm³/mol. The summed E-state index contributed by atoms with van der Waals surface area (Å²) in [6, 6.07) is 13.6. The first-order valence-electron chi connectivity index (χ1n) is 7.73. The normalized spacial score (nSPS) is 10.6. The van der Waals surface area contributed by atoms with E-state index in [0.29, 0.717) is 27.4 Å². The number of nitrogens with one attached hydrogen (secondary N) is 3. The lowest BCUT2D eigenvalue weighted by Crippen LogP contribution is -2.11. The number of hydrogen-bond acceptors (Lipinski definition) is 7. The van der Waals surface area contributed by atoms with Crippen LogP contribution < -0.4 is 15.4 Å². The maximum absolute atomic E-state index is 11.6. The fraction of sp³-hybridized carbons (Fsp3) is 0.0588. The number of aromatic nitrogens is 2. The number of anilines is 5. The zero-order valence-electron chi connectivity index (χ0n) is 14.5. The van der Waals surface area contributed by atoms with Crippen molar-refractivity contribution in [1.29, 1.82) is 0 Å². The van der Waals surface area contributed by atoms with Gasteiger partial charge in [0.15, 0.2) is 0 Å². The summed E-state index contributed by atoms with van der Waals surface area (Å²) < 4.78 is 26.1. The molecule has 4 N–H and O–H groups in total. The maximum atomic E-state index is 11.6. The number of nitrogens with zero attached hydrogens (tertiary/aromatic N) is 2. The van der Waals surface area contributed by atoms with Gasteiger partial charge in [-0.1, -0.05) is 24.3 Å². The average Bonchev–Trinajstić information content (AvgIpc) is 2.60. The van der Waals surface area contributed by atoms with E-state index in [9.17, 15) is 13.5 Å². The van der Waals surface area contributed by atoms with Crippen molar-refractivity contribution in [2.45, 2.75) is 0 Å². The van der Waals surface area contributed by atoms with Crippen molar-refractivity contribution < 1.29 is 13.5 Å². The van der Waals surface area contributed by atoms with E-state index in [2.05, 4.69) is 41.3 Å². The molecule has 1 heterocycles. The average molecular weight is 487 g/mol. The molecular weight excluding hydrogens is 470 g/mol. The van der Waals surface area contributed by atoms with Gasteiger partial charge in [-0.25, -0.2) is 13.4 Å². The molecule has 0 amide bonds. The van der Waals surface area contributed by atoms with Crippen molar-refractivity contribution >= 4 is 67.2 Å². The molecule has 0 aliphatic heterocycles. The number of aromatic hydroxyl groups is 1. The van der Waals surface area contributed by atoms with Crippen molar-refractivity contribution in [2.75, 3.05) is 21.6 Å². The topological polar surface area (TPSA) is 116 Å². The first-order valence-corrected chi connectivity index (χ1v) is 10.4. The molecule has 2 aromatic carbocycles. The van der Waals surface area contributed by atoms with E-state index < -0.39 is 10.0 Å². The van der Waals surface area contributed by atoms with Gasteiger partial charge in [0, 0.05) is 6.20 Å². The number of phenolic OH excluding ortho intramolecular Hbond substituents is 1. The Morgan fingerprint density at radius 3 is 2.21 bits per heavy atom. The van der Waals surface area contributed by atoms with Gasteiger partial charge >= 0.3 is 0 Å². The van der Waals surface area contributed by atoms with Crippen LogP contribution in [0.2, 0.25) is 0 Å². The van der Waals surface area contributed by atoms with Crippen molar-refractivity contribution in [3.05, 3.63) is 59.2 Å². The predicted octanol–water partition coefficient (Wildman–Crippen LogP) is 4.23. The van der Waals surface area contributed by atoms with Gasteiger partial charge in [-0.05, 0) is 40.2 Å². The number of sulfonamides is 1. The highest BCUT2D eigenvalue weighted by Gasteiger charge is 2.11. The van der Waals surface area contributed by atoms with Crippen LogP contribution in [-0.2, 0) is 10.0 Å². The minimum Gasteiger partial charge on any atom is -0.506 e. The molecule has 0 aliphatic carbocycles. The summed E-state index contributed by atoms with van der Waals surface area (Å²) in [5.41, 5.74) is 1.38. The van der Waals surface area contributed by atoms with Crippen LogP contribution in [0.4, 0.5) is 28.8 Å². The van der Waals surface area contributed by atoms with Crippen LogP contribution >= 0.6 is 28.3 Å². The molecule has 3 aromatic rings. The van der Waals surface area contributed by atoms with Crippen LogP contribution in [0.1, 0.15) is 0 Å². The van der Waals surface area contributed by atoms with E-state index in [4.69, 9.17) is 0 Å². The van der Waals surface area contributed by atoms with Crippen LogP contribution in [0.3, 0.4) is 0 Å². The summed E-state index contributed by atoms with van der Waals surface area (Å²) in [5, 5.41) is 15.9. The van der Waals surface area contributed by atoms with Gasteiger partial charge < -0.3 is 15.7 Å². The summed E-state index contributed by atoms with van der Waals surface area (Å²) in [6.45, 7) is 0. The summed E-state index contributed by atoms with van der Waals surface area (Å²) in [6.07, 6.45) is 2.63. The van der Waals surface area contributed by atoms with Crippen LogP contribution in [0.5, 0.6) is 5.75 Å². The zero-order chi connectivity index (χ0) is 19.4. The molecule has 0 unspecified atom stereocenters. The van der Waals surface area contributed by atoms with Crippen molar-refractivity contribution in [3.63, 3.8) is 0 Å². The molecule has 11 heteroatoms. The van der Waals surface area contributed by atoms with E-state index in [1.54, 1.807) is 54.7 Å². The van der Waals surface area contributed by atoms with Crippen molar-refractivity contribution in [3.8, 4) is 5.75 Å². The number of phenols is 1. The Bertz CT molecular complexity index is 1080. The Morgan fingerprint density at radius 1 is 0.964 bits per heavy atom. The summed E-state index contributed by atoms with van der Waals surface area (Å²) in [7, 11) is -3.43. The van der Waals surface area contributed by atoms with Gasteiger partial charge in [-0.2, -0.15) is 4.98 Å². The number of para-hydroxylation sites is 4. The van der Waals surface area contributed by atoms with E-state index in [0.717, 1.165) is 6.26 Å². The van der Waals surface area contributed by atoms with Crippen LogP contribution in [0.25, 0.3) is 0 Å². The molecule has 3 rings (SSSR count). The fourth-order valence-corrected chi connectivity index (χ4v) is 3.09. The molecule has 1 aromatic heterocycles. The Hall–Kier alpha value is -2.56. The van der Waals surface area contributed by atoms with Gasteiger partial charge in [-0.3, -0.25) is 4.72 Å². The molecular formula is C17H17BrClN5O3S. The molecule has 28 heavy (non-hydrogen) atoms. The highest BCUT2D eigenvalue weighted by Crippen LogP contribution is 2.30. The second-order valence-electron chi connectivity index (χ2n) is 5.58. The lowest BCUT2D eigenvalue weighted by atomic mass is 10.2.